The van der Waals surface area contributed by atoms with E-state index in [2.05, 4.69) is 32.6 Å². The average Bonchev–Trinajstić information content (AvgIpc) is 3.17. The quantitative estimate of drug-likeness (QED) is 0.0454. The summed E-state index contributed by atoms with van der Waals surface area (Å²) in [6.07, 6.45) is 36.6. The Morgan fingerprint density at radius 1 is 0.400 bits per heavy atom. The summed E-state index contributed by atoms with van der Waals surface area (Å²) < 4.78 is 11.8. The van der Waals surface area contributed by atoms with Gasteiger partial charge in [-0.15, -0.1) is 0 Å². The number of carbonyl (C=O) groups excluding carboxylic acids is 3. The van der Waals surface area contributed by atoms with Crippen LogP contribution < -0.4 is 0 Å². The summed E-state index contributed by atoms with van der Waals surface area (Å²) in [6, 6.07) is 0. The van der Waals surface area contributed by atoms with Gasteiger partial charge < -0.3 is 19.3 Å². The lowest BCUT2D eigenvalue weighted by atomic mass is 9.94. The molecule has 0 aromatic carbocycles. The van der Waals surface area contributed by atoms with Crippen LogP contribution in [0.4, 0.5) is 0 Å². The van der Waals surface area contributed by atoms with Crippen LogP contribution in [0.3, 0.4) is 0 Å². The van der Waals surface area contributed by atoms with Crippen molar-refractivity contribution in [3.8, 4) is 0 Å². The highest BCUT2D eigenvalue weighted by Gasteiger charge is 2.23. The molecule has 2 unspecified atom stereocenters. The zero-order valence-electron chi connectivity index (χ0n) is 37.8. The van der Waals surface area contributed by atoms with Gasteiger partial charge in [-0.05, 0) is 52.7 Å². The molecule has 0 rings (SSSR count). The van der Waals surface area contributed by atoms with Gasteiger partial charge in [-0.2, -0.15) is 0 Å². The monoisotopic (exact) mass is 779 g/mol. The third-order valence-electron chi connectivity index (χ3n) is 11.4. The Morgan fingerprint density at radius 2 is 0.691 bits per heavy atom. The highest BCUT2D eigenvalue weighted by Crippen LogP contribution is 2.23. The number of esters is 2. The smallest absolute Gasteiger partial charge is 0.308 e. The van der Waals surface area contributed by atoms with Gasteiger partial charge in [-0.1, -0.05) is 195 Å². The highest BCUT2D eigenvalue weighted by molar-refractivity contribution is 5.76. The van der Waals surface area contributed by atoms with E-state index in [9.17, 15) is 14.4 Å². The van der Waals surface area contributed by atoms with E-state index in [1.807, 2.05) is 14.1 Å². The normalized spacial score (nSPS) is 12.6. The second-order valence-corrected chi connectivity index (χ2v) is 16.9. The maximum atomic E-state index is 13.4. The lowest BCUT2D eigenvalue weighted by molar-refractivity contribution is -0.152. The highest BCUT2D eigenvalue weighted by atomic mass is 16.5. The predicted octanol–water partition coefficient (Wildman–Crippen LogP) is 13.3. The molecular weight excluding hydrogens is 685 g/mol. The van der Waals surface area contributed by atoms with E-state index in [0.29, 0.717) is 19.5 Å². The minimum Gasteiger partial charge on any atom is -0.464 e. The topological polar surface area (TPSA) is 76.1 Å². The average molecular weight is 779 g/mol. The van der Waals surface area contributed by atoms with Gasteiger partial charge in [0.1, 0.15) is 13.2 Å². The second-order valence-electron chi connectivity index (χ2n) is 16.9. The van der Waals surface area contributed by atoms with Crippen molar-refractivity contribution in [2.75, 3.05) is 46.9 Å². The molecule has 0 heterocycles. The third-order valence-corrected chi connectivity index (χ3v) is 11.4. The molecule has 0 radical (unpaired) electrons. The molecule has 0 aliphatic heterocycles. The molecule has 0 aliphatic carbocycles. The molecule has 0 saturated carbocycles. The summed E-state index contributed by atoms with van der Waals surface area (Å²) in [4.78, 5) is 44.1. The molecule has 55 heavy (non-hydrogen) atoms. The molecule has 7 nitrogen and oxygen atoms in total. The molecule has 0 saturated heterocycles. The Hall–Kier alpha value is -1.63. The molecule has 0 aromatic heterocycles. The van der Waals surface area contributed by atoms with Crippen molar-refractivity contribution in [1.29, 1.82) is 0 Å². The van der Waals surface area contributed by atoms with E-state index in [1.54, 1.807) is 4.90 Å². The van der Waals surface area contributed by atoms with Crippen molar-refractivity contribution in [2.24, 2.45) is 11.8 Å². The first kappa shape index (κ1) is 53.4. The van der Waals surface area contributed by atoms with Crippen LogP contribution in [0.25, 0.3) is 0 Å². The van der Waals surface area contributed by atoms with Gasteiger partial charge in [-0.3, -0.25) is 14.4 Å². The number of hydrogen-bond donors (Lipinski definition) is 0. The molecule has 0 bridgehead atoms. The van der Waals surface area contributed by atoms with Crippen LogP contribution in [0, 0.1) is 11.8 Å². The number of hydrogen-bond acceptors (Lipinski definition) is 6. The SMILES string of the molecule is CCCCCCCCCC(CCCCCCCC)C(=O)OCCN(CCOC(=O)C(CCCCCCCC)CCCCCCCCC)C(=O)CCCN(C)C. The van der Waals surface area contributed by atoms with Gasteiger partial charge >= 0.3 is 11.9 Å². The minimum atomic E-state index is -0.103. The number of carbonyl (C=O) groups is 3. The van der Waals surface area contributed by atoms with Crippen LogP contribution in [0.5, 0.6) is 0 Å². The van der Waals surface area contributed by atoms with Crippen molar-refractivity contribution >= 4 is 17.8 Å². The molecule has 0 spiro atoms. The van der Waals surface area contributed by atoms with E-state index in [-0.39, 0.29) is 42.9 Å². The van der Waals surface area contributed by atoms with E-state index < -0.39 is 0 Å². The standard InChI is InChI=1S/C48H94N2O5/c1-7-11-15-19-23-27-31-36-44(34-29-25-21-17-13-9-3)47(52)54-42-40-50(46(51)38-33-39-49(5)6)41-43-55-48(53)45(35-30-26-22-18-14-10-4)37-32-28-24-20-16-12-8-2/h44-45H,7-43H2,1-6H3. The second kappa shape index (κ2) is 40.6. The van der Waals surface area contributed by atoms with E-state index >= 15 is 0 Å². The molecule has 0 N–H and O–H groups in total. The predicted molar refractivity (Wildman–Crippen MR) is 234 cm³/mol. The van der Waals surface area contributed by atoms with Crippen LogP contribution >= 0.6 is 0 Å². The van der Waals surface area contributed by atoms with Crippen LogP contribution in [0.1, 0.15) is 233 Å². The summed E-state index contributed by atoms with van der Waals surface area (Å²) in [5.74, 6) is -0.297. The Kier molecular flexibility index (Phi) is 39.4. The Morgan fingerprint density at radius 3 is 0.982 bits per heavy atom. The molecule has 2 atom stereocenters. The number of ether oxygens (including phenoxy) is 2. The molecule has 326 valence electrons. The first-order valence-electron chi connectivity index (χ1n) is 24.1. The van der Waals surface area contributed by atoms with Crippen molar-refractivity contribution in [2.45, 2.75) is 233 Å². The largest absolute Gasteiger partial charge is 0.464 e. The van der Waals surface area contributed by atoms with Crippen LogP contribution in [-0.4, -0.2) is 74.6 Å². The van der Waals surface area contributed by atoms with Gasteiger partial charge in [0.2, 0.25) is 5.91 Å². The Balaban J connectivity index is 5.25. The number of unbranched alkanes of at least 4 members (excludes halogenated alkanes) is 22. The van der Waals surface area contributed by atoms with Crippen molar-refractivity contribution in [3.63, 3.8) is 0 Å². The fraction of sp³-hybridized carbons (Fsp3) is 0.938. The number of rotatable bonds is 42. The van der Waals surface area contributed by atoms with Crippen molar-refractivity contribution < 1.29 is 23.9 Å². The summed E-state index contributed by atoms with van der Waals surface area (Å²) >= 11 is 0. The molecule has 0 aromatic rings. The van der Waals surface area contributed by atoms with Crippen molar-refractivity contribution in [1.82, 2.24) is 9.80 Å². The van der Waals surface area contributed by atoms with Crippen LogP contribution in [-0.2, 0) is 23.9 Å². The molecule has 0 fully saturated rings. The van der Waals surface area contributed by atoms with E-state index in [1.165, 1.54) is 141 Å². The summed E-state index contributed by atoms with van der Waals surface area (Å²) in [5, 5.41) is 0. The first-order valence-corrected chi connectivity index (χ1v) is 24.1. The lowest BCUT2D eigenvalue weighted by Crippen LogP contribution is -2.38. The van der Waals surface area contributed by atoms with Crippen LogP contribution in [0.2, 0.25) is 0 Å². The summed E-state index contributed by atoms with van der Waals surface area (Å²) in [7, 11) is 4.03. The third kappa shape index (κ3) is 34.2. The maximum Gasteiger partial charge on any atom is 0.308 e. The Bertz CT molecular complexity index is 809. The van der Waals surface area contributed by atoms with Gasteiger partial charge in [0.25, 0.3) is 0 Å². The molecule has 0 aliphatic rings. The van der Waals surface area contributed by atoms with Crippen LogP contribution in [0.15, 0.2) is 0 Å². The van der Waals surface area contributed by atoms with Gasteiger partial charge in [0.05, 0.1) is 24.9 Å². The number of nitrogens with zero attached hydrogens (tertiary/aromatic N) is 2. The lowest BCUT2D eigenvalue weighted by Gasteiger charge is -2.24. The van der Waals surface area contributed by atoms with Gasteiger partial charge in [0, 0.05) is 6.42 Å². The first-order chi connectivity index (χ1) is 26.8. The summed E-state index contributed by atoms with van der Waals surface area (Å²) in [6.45, 7) is 10.9. The van der Waals surface area contributed by atoms with Crippen molar-refractivity contribution in [3.05, 3.63) is 0 Å². The Labute approximate surface area is 342 Å². The van der Waals surface area contributed by atoms with Gasteiger partial charge in [0.15, 0.2) is 0 Å². The van der Waals surface area contributed by atoms with E-state index in [0.717, 1.165) is 64.3 Å². The zero-order valence-corrected chi connectivity index (χ0v) is 37.8. The summed E-state index contributed by atoms with van der Waals surface area (Å²) in [5.41, 5.74) is 0. The molecule has 1 amide bonds. The fourth-order valence-corrected chi connectivity index (χ4v) is 7.61. The fourth-order valence-electron chi connectivity index (χ4n) is 7.61. The zero-order chi connectivity index (χ0) is 40.6. The number of amides is 1. The minimum absolute atomic E-state index is 0.0346. The van der Waals surface area contributed by atoms with Gasteiger partial charge in [-0.25, -0.2) is 0 Å². The van der Waals surface area contributed by atoms with E-state index in [4.69, 9.17) is 9.47 Å². The molecule has 7 heteroatoms. The molecular formula is C48H94N2O5. The maximum absolute atomic E-state index is 13.4.